The van der Waals surface area contributed by atoms with Crippen LogP contribution in [0.2, 0.25) is 0 Å². The maximum Gasteiger partial charge on any atom is 0.344 e. The van der Waals surface area contributed by atoms with Gasteiger partial charge in [-0.2, -0.15) is 8.42 Å². The molecule has 236 valence electrons. The molecule has 4 fully saturated rings. The summed E-state index contributed by atoms with van der Waals surface area (Å²) in [5.41, 5.74) is -1.61. The van der Waals surface area contributed by atoms with E-state index in [2.05, 4.69) is 11.0 Å². The van der Waals surface area contributed by atoms with Gasteiger partial charge in [0.05, 0.1) is 25.2 Å². The molecule has 4 aliphatic heterocycles. The largest absolute Gasteiger partial charge is 0.497 e. The Kier molecular flexibility index (Phi) is 6.32. The monoisotopic (exact) mass is 626 g/mol. The number of anilines is 1. The van der Waals surface area contributed by atoms with Gasteiger partial charge >= 0.3 is 11.9 Å². The Bertz CT molecular complexity index is 1660. The van der Waals surface area contributed by atoms with Gasteiger partial charge in [0.2, 0.25) is 5.60 Å². The first-order chi connectivity index (χ1) is 20.9. The van der Waals surface area contributed by atoms with Crippen LogP contribution in [0.1, 0.15) is 44.2 Å². The molecule has 11 nitrogen and oxygen atoms in total. The van der Waals surface area contributed by atoms with Gasteiger partial charge in [-0.05, 0) is 43.5 Å². The summed E-state index contributed by atoms with van der Waals surface area (Å²) in [6, 6.07) is 11.5. The van der Waals surface area contributed by atoms with Crippen LogP contribution in [-0.4, -0.2) is 89.2 Å². The fourth-order valence-electron chi connectivity index (χ4n) is 9.74. The average Bonchev–Trinajstić information content (AvgIpc) is 3.58. The van der Waals surface area contributed by atoms with Crippen molar-refractivity contribution in [1.82, 2.24) is 4.90 Å². The second-order valence-electron chi connectivity index (χ2n) is 12.9. The smallest absolute Gasteiger partial charge is 0.344 e. The van der Waals surface area contributed by atoms with Crippen LogP contribution in [0.4, 0.5) is 5.69 Å². The van der Waals surface area contributed by atoms with Crippen LogP contribution >= 0.6 is 0 Å². The van der Waals surface area contributed by atoms with Gasteiger partial charge in [0.1, 0.15) is 18.1 Å². The number of benzene rings is 2. The molecule has 3 saturated heterocycles. The molecule has 2 aromatic rings. The molecule has 0 unspecified atom stereocenters. The molecule has 5 aliphatic rings. The maximum atomic E-state index is 14.4. The van der Waals surface area contributed by atoms with E-state index in [0.717, 1.165) is 16.8 Å². The summed E-state index contributed by atoms with van der Waals surface area (Å²) in [6.07, 6.45) is 0.543. The quantitative estimate of drug-likeness (QED) is 0.318. The number of hydrogen-bond donors (Lipinski definition) is 0. The molecule has 1 saturated carbocycles. The van der Waals surface area contributed by atoms with Gasteiger partial charge < -0.3 is 23.8 Å². The zero-order chi connectivity index (χ0) is 31.4. The molecule has 4 heterocycles. The topological polar surface area (TPSA) is 121 Å². The number of aryl methyl sites for hydroxylation is 1. The van der Waals surface area contributed by atoms with Crippen molar-refractivity contribution in [2.75, 3.05) is 39.3 Å². The summed E-state index contributed by atoms with van der Waals surface area (Å²) < 4.78 is 57.1. The number of carbonyl (C=O) groups is 2. The normalized spacial score (nSPS) is 36.2. The van der Waals surface area contributed by atoms with E-state index in [1.807, 2.05) is 37.9 Å². The van der Waals surface area contributed by atoms with E-state index in [9.17, 15) is 18.0 Å². The van der Waals surface area contributed by atoms with Crippen LogP contribution in [0.15, 0.2) is 47.4 Å². The zero-order valence-corrected chi connectivity index (χ0v) is 26.6. The van der Waals surface area contributed by atoms with Crippen LogP contribution in [0.3, 0.4) is 0 Å². The molecule has 44 heavy (non-hydrogen) atoms. The number of methoxy groups -OCH3 is 2. The number of fused-ring (bicyclic) bond motifs is 5. The Hall–Kier alpha value is -3.19. The lowest BCUT2D eigenvalue weighted by molar-refractivity contribution is -0.303. The molecule has 0 N–H and O–H groups in total. The van der Waals surface area contributed by atoms with E-state index in [0.29, 0.717) is 31.6 Å². The lowest BCUT2D eigenvalue weighted by Crippen LogP contribution is -2.82. The summed E-state index contributed by atoms with van der Waals surface area (Å²) in [6.45, 7) is 5.47. The van der Waals surface area contributed by atoms with E-state index in [1.165, 1.54) is 26.2 Å². The third-order valence-electron chi connectivity index (χ3n) is 11.1. The Balaban J connectivity index is 1.44. The molecule has 1 aliphatic carbocycles. The van der Waals surface area contributed by atoms with E-state index in [4.69, 9.17) is 23.1 Å². The van der Waals surface area contributed by atoms with Crippen molar-refractivity contribution in [3.8, 4) is 5.75 Å². The van der Waals surface area contributed by atoms with Gasteiger partial charge in [-0.15, -0.1) is 0 Å². The van der Waals surface area contributed by atoms with Crippen molar-refractivity contribution in [2.24, 2.45) is 5.41 Å². The van der Waals surface area contributed by atoms with Crippen LogP contribution in [0.5, 0.6) is 5.75 Å². The van der Waals surface area contributed by atoms with Crippen molar-refractivity contribution in [3.05, 3.63) is 53.6 Å². The molecule has 0 amide bonds. The molecule has 7 atom stereocenters. The first-order valence-corrected chi connectivity index (χ1v) is 16.4. The summed E-state index contributed by atoms with van der Waals surface area (Å²) in [5, 5.41) is 0. The van der Waals surface area contributed by atoms with Crippen LogP contribution in [0.25, 0.3) is 0 Å². The molecular formula is C32H38N2O9S. The SMILES string of the molecule is CC[C@]12C[C@]3(COS(=O)(=O)c4ccc(C)cc4)O[C@](C(=O)OC)([C@@H]1OC(C)=O)[C@@H]1N(C)c4cc(OC)ccc4[C@@]14CCN3[C@@H]24. The molecule has 12 heteroatoms. The Labute approximate surface area is 257 Å². The van der Waals surface area contributed by atoms with Gasteiger partial charge in [0.15, 0.2) is 6.10 Å². The first kappa shape index (κ1) is 29.5. The van der Waals surface area contributed by atoms with Crippen molar-refractivity contribution in [1.29, 1.82) is 0 Å². The lowest BCUT2D eigenvalue weighted by Gasteiger charge is -2.63. The van der Waals surface area contributed by atoms with Crippen LogP contribution in [-0.2, 0) is 43.5 Å². The maximum absolute atomic E-state index is 14.4. The molecule has 1 spiro atoms. The minimum atomic E-state index is -4.16. The molecule has 7 rings (SSSR count). The highest BCUT2D eigenvalue weighted by Crippen LogP contribution is 2.76. The molecular weight excluding hydrogens is 588 g/mol. The number of hydrogen-bond acceptors (Lipinski definition) is 11. The zero-order valence-electron chi connectivity index (χ0n) is 25.8. The standard InChI is InChI=1S/C32H38N2O9S/c1-7-29-17-30(18-41-44(37,38)22-11-8-19(2)9-12-22)34-15-14-31(25(29)34)23-13-10-21(39-5)16-24(23)33(4)26(31)32(43-30,28(36)40-6)27(29)42-20(3)35/h8-13,16,25-27H,7,14-15,17-18H2,1-6H3/t25-,26+,27+,29+,30+,31+,32-/m0/s1. The minimum absolute atomic E-state index is 0.0378. The Morgan fingerprint density at radius 2 is 1.82 bits per heavy atom. The minimum Gasteiger partial charge on any atom is -0.497 e. The van der Waals surface area contributed by atoms with E-state index >= 15 is 0 Å². The molecule has 2 aromatic carbocycles. The van der Waals surface area contributed by atoms with Crippen molar-refractivity contribution >= 4 is 27.7 Å². The van der Waals surface area contributed by atoms with Crippen molar-refractivity contribution in [2.45, 2.75) is 79.9 Å². The summed E-state index contributed by atoms with van der Waals surface area (Å²) >= 11 is 0. The van der Waals surface area contributed by atoms with Crippen molar-refractivity contribution in [3.63, 3.8) is 0 Å². The number of ether oxygens (including phenoxy) is 4. The van der Waals surface area contributed by atoms with Gasteiger partial charge in [-0.1, -0.05) is 30.7 Å². The number of esters is 2. The summed E-state index contributed by atoms with van der Waals surface area (Å²) in [5.74, 6) is -0.527. The fourth-order valence-corrected chi connectivity index (χ4v) is 10.7. The van der Waals surface area contributed by atoms with E-state index in [-0.39, 0.29) is 17.5 Å². The van der Waals surface area contributed by atoms with Gasteiger partial charge in [0, 0.05) is 55.6 Å². The van der Waals surface area contributed by atoms with Crippen molar-refractivity contribution < 1.29 is 41.1 Å². The lowest BCUT2D eigenvalue weighted by atomic mass is 9.47. The summed E-state index contributed by atoms with van der Waals surface area (Å²) in [4.78, 5) is 31.4. The first-order valence-electron chi connectivity index (χ1n) is 15.0. The second kappa shape index (κ2) is 9.41. The molecule has 0 radical (unpaired) electrons. The predicted molar refractivity (Wildman–Crippen MR) is 158 cm³/mol. The number of likely N-dealkylation sites (N-methyl/N-ethyl adjacent to an activating group) is 1. The highest BCUT2D eigenvalue weighted by Gasteiger charge is 2.90. The highest BCUT2D eigenvalue weighted by atomic mass is 32.2. The third kappa shape index (κ3) is 3.40. The Morgan fingerprint density at radius 3 is 2.45 bits per heavy atom. The highest BCUT2D eigenvalue weighted by molar-refractivity contribution is 7.86. The Morgan fingerprint density at radius 1 is 1.09 bits per heavy atom. The number of nitrogens with zero attached hydrogens (tertiary/aromatic N) is 2. The predicted octanol–water partition coefficient (Wildman–Crippen LogP) is 2.92. The van der Waals surface area contributed by atoms with Crippen LogP contribution in [0, 0.1) is 12.3 Å². The number of carbonyl (C=O) groups excluding carboxylic acids is 2. The van der Waals surface area contributed by atoms with Gasteiger partial charge in [-0.25, -0.2) is 4.79 Å². The molecule has 3 bridgehead atoms. The third-order valence-corrected chi connectivity index (χ3v) is 12.4. The summed E-state index contributed by atoms with van der Waals surface area (Å²) in [7, 11) is 0.658. The van der Waals surface area contributed by atoms with E-state index < -0.39 is 56.4 Å². The van der Waals surface area contributed by atoms with Gasteiger partial charge in [0.25, 0.3) is 10.1 Å². The average molecular weight is 627 g/mol. The van der Waals surface area contributed by atoms with Crippen LogP contribution < -0.4 is 9.64 Å². The van der Waals surface area contributed by atoms with Gasteiger partial charge in [-0.3, -0.25) is 13.9 Å². The fraction of sp³-hybridized carbons (Fsp3) is 0.562. The molecule has 0 aromatic heterocycles. The number of rotatable bonds is 8. The van der Waals surface area contributed by atoms with E-state index in [1.54, 1.807) is 19.2 Å². The second-order valence-corrected chi connectivity index (χ2v) is 14.5.